The molecule has 0 atom stereocenters. The minimum atomic E-state index is -0.244. The molecule has 3 aromatic rings. The fourth-order valence-electron chi connectivity index (χ4n) is 2.64. The van der Waals surface area contributed by atoms with Gasteiger partial charge in [0.1, 0.15) is 5.82 Å². The maximum absolute atomic E-state index is 12.5. The Morgan fingerprint density at radius 3 is 2.70 bits per heavy atom. The van der Waals surface area contributed by atoms with Crippen molar-refractivity contribution in [1.29, 1.82) is 0 Å². The van der Waals surface area contributed by atoms with Crippen LogP contribution in [0.15, 0.2) is 54.7 Å². The molecule has 7 heteroatoms. The van der Waals surface area contributed by atoms with Gasteiger partial charge < -0.3 is 20.1 Å². The maximum Gasteiger partial charge on any atom is 0.255 e. The molecule has 1 aliphatic heterocycles. The van der Waals surface area contributed by atoms with E-state index in [1.54, 1.807) is 24.4 Å². The van der Waals surface area contributed by atoms with Crippen molar-refractivity contribution in [2.45, 2.75) is 6.92 Å². The van der Waals surface area contributed by atoms with Crippen molar-refractivity contribution in [2.24, 2.45) is 0 Å². The van der Waals surface area contributed by atoms with Gasteiger partial charge in [0.25, 0.3) is 5.91 Å². The molecule has 136 valence electrons. The number of aryl methyl sites for hydroxylation is 1. The molecule has 0 bridgehead atoms. The van der Waals surface area contributed by atoms with Gasteiger partial charge in [-0.1, -0.05) is 17.7 Å². The second-order valence-corrected chi connectivity index (χ2v) is 6.45. The molecular formula is C20H16ClN3O3. The van der Waals surface area contributed by atoms with Gasteiger partial charge in [0.05, 0.1) is 0 Å². The fraction of sp³-hybridized carbons (Fsp3) is 0.100. The third-order valence-corrected chi connectivity index (χ3v) is 4.50. The summed E-state index contributed by atoms with van der Waals surface area (Å²) >= 11 is 6.11. The first-order valence-corrected chi connectivity index (χ1v) is 8.66. The Bertz CT molecular complexity index is 1020. The number of carbonyl (C=O) groups is 1. The van der Waals surface area contributed by atoms with Crippen molar-refractivity contribution in [3.8, 4) is 11.5 Å². The van der Waals surface area contributed by atoms with Crippen LogP contribution in [-0.2, 0) is 0 Å². The van der Waals surface area contributed by atoms with Crippen LogP contribution in [0.2, 0.25) is 5.02 Å². The van der Waals surface area contributed by atoms with E-state index in [1.807, 2.05) is 37.3 Å². The summed E-state index contributed by atoms with van der Waals surface area (Å²) in [6, 6.07) is 14.2. The number of anilines is 3. The van der Waals surface area contributed by atoms with Crippen molar-refractivity contribution in [3.63, 3.8) is 0 Å². The van der Waals surface area contributed by atoms with E-state index in [9.17, 15) is 4.79 Å². The number of rotatable bonds is 4. The van der Waals surface area contributed by atoms with Crippen molar-refractivity contribution in [3.05, 3.63) is 70.9 Å². The van der Waals surface area contributed by atoms with E-state index in [0.717, 1.165) is 11.3 Å². The molecule has 0 unspecified atom stereocenters. The van der Waals surface area contributed by atoms with Crippen molar-refractivity contribution in [2.75, 3.05) is 17.4 Å². The third kappa shape index (κ3) is 3.80. The van der Waals surface area contributed by atoms with Gasteiger partial charge in [-0.05, 0) is 48.9 Å². The Labute approximate surface area is 161 Å². The van der Waals surface area contributed by atoms with E-state index >= 15 is 0 Å². The fourth-order valence-corrected chi connectivity index (χ4v) is 2.82. The molecule has 0 saturated heterocycles. The van der Waals surface area contributed by atoms with Crippen LogP contribution in [0.4, 0.5) is 17.2 Å². The number of nitrogens with one attached hydrogen (secondary N) is 2. The second kappa shape index (κ2) is 7.17. The molecule has 2 aromatic carbocycles. The van der Waals surface area contributed by atoms with Gasteiger partial charge in [-0.15, -0.1) is 0 Å². The lowest BCUT2D eigenvalue weighted by Crippen LogP contribution is -2.12. The van der Waals surface area contributed by atoms with Gasteiger partial charge in [0.15, 0.2) is 11.5 Å². The van der Waals surface area contributed by atoms with Gasteiger partial charge >= 0.3 is 0 Å². The lowest BCUT2D eigenvalue weighted by Gasteiger charge is -2.09. The van der Waals surface area contributed by atoms with E-state index in [0.29, 0.717) is 33.6 Å². The van der Waals surface area contributed by atoms with Crippen LogP contribution in [0.1, 0.15) is 15.9 Å². The molecule has 0 saturated carbocycles. The molecule has 4 rings (SSSR count). The SMILES string of the molecule is Cc1ccc(NC(=O)c2ccnc(Nc3ccc4c(c3)OCO4)c2)cc1Cl. The number of hydrogen-bond donors (Lipinski definition) is 2. The van der Waals surface area contributed by atoms with E-state index in [2.05, 4.69) is 15.6 Å². The number of amides is 1. The van der Waals surface area contributed by atoms with Crippen molar-refractivity contribution < 1.29 is 14.3 Å². The first-order chi connectivity index (χ1) is 13.1. The lowest BCUT2D eigenvalue weighted by atomic mass is 10.2. The van der Waals surface area contributed by atoms with Gasteiger partial charge in [-0.3, -0.25) is 4.79 Å². The van der Waals surface area contributed by atoms with Crippen LogP contribution in [0.5, 0.6) is 11.5 Å². The number of carbonyl (C=O) groups excluding carboxylic acids is 1. The number of hydrogen-bond acceptors (Lipinski definition) is 5. The Morgan fingerprint density at radius 1 is 1.04 bits per heavy atom. The summed E-state index contributed by atoms with van der Waals surface area (Å²) in [4.78, 5) is 16.8. The number of aromatic nitrogens is 1. The Balaban J connectivity index is 1.49. The normalized spacial score (nSPS) is 11.9. The largest absolute Gasteiger partial charge is 0.454 e. The quantitative estimate of drug-likeness (QED) is 0.681. The van der Waals surface area contributed by atoms with Gasteiger partial charge in [0.2, 0.25) is 6.79 Å². The van der Waals surface area contributed by atoms with Crippen LogP contribution < -0.4 is 20.1 Å². The molecule has 0 fully saturated rings. The van der Waals surface area contributed by atoms with E-state index in [-0.39, 0.29) is 12.7 Å². The molecule has 2 heterocycles. The van der Waals surface area contributed by atoms with Gasteiger partial charge in [0, 0.05) is 34.2 Å². The number of pyridine rings is 1. The van der Waals surface area contributed by atoms with Crippen molar-refractivity contribution in [1.82, 2.24) is 4.98 Å². The van der Waals surface area contributed by atoms with Crippen molar-refractivity contribution >= 4 is 34.7 Å². The smallest absolute Gasteiger partial charge is 0.255 e. The summed E-state index contributed by atoms with van der Waals surface area (Å²) in [5, 5.41) is 6.60. The zero-order valence-electron chi connectivity index (χ0n) is 14.5. The van der Waals surface area contributed by atoms with Crippen LogP contribution >= 0.6 is 11.6 Å². The first-order valence-electron chi connectivity index (χ1n) is 8.29. The van der Waals surface area contributed by atoms with E-state index < -0.39 is 0 Å². The molecule has 27 heavy (non-hydrogen) atoms. The Morgan fingerprint density at radius 2 is 1.85 bits per heavy atom. The summed E-state index contributed by atoms with van der Waals surface area (Å²) in [6.07, 6.45) is 1.58. The van der Waals surface area contributed by atoms with Crippen LogP contribution in [0.3, 0.4) is 0 Å². The Hall–Kier alpha value is -3.25. The minimum Gasteiger partial charge on any atom is -0.454 e. The molecule has 2 N–H and O–H groups in total. The number of halogens is 1. The zero-order valence-corrected chi connectivity index (χ0v) is 15.2. The molecule has 1 aliphatic rings. The summed E-state index contributed by atoms with van der Waals surface area (Å²) in [5.74, 6) is 1.68. The first kappa shape index (κ1) is 17.2. The predicted octanol–water partition coefficient (Wildman–Crippen LogP) is 4.77. The number of nitrogens with zero attached hydrogens (tertiary/aromatic N) is 1. The van der Waals surface area contributed by atoms with Crippen LogP contribution in [0, 0.1) is 6.92 Å². The highest BCUT2D eigenvalue weighted by atomic mass is 35.5. The molecule has 0 radical (unpaired) electrons. The highest BCUT2D eigenvalue weighted by molar-refractivity contribution is 6.31. The number of ether oxygens (including phenoxy) is 2. The van der Waals surface area contributed by atoms with E-state index in [4.69, 9.17) is 21.1 Å². The summed E-state index contributed by atoms with van der Waals surface area (Å²) in [6.45, 7) is 2.13. The summed E-state index contributed by atoms with van der Waals surface area (Å²) in [7, 11) is 0. The summed E-state index contributed by atoms with van der Waals surface area (Å²) < 4.78 is 10.7. The molecule has 6 nitrogen and oxygen atoms in total. The summed E-state index contributed by atoms with van der Waals surface area (Å²) in [5.41, 5.74) is 2.85. The van der Waals surface area contributed by atoms with Crippen LogP contribution in [0.25, 0.3) is 0 Å². The van der Waals surface area contributed by atoms with Gasteiger partial charge in [-0.25, -0.2) is 4.98 Å². The van der Waals surface area contributed by atoms with Gasteiger partial charge in [-0.2, -0.15) is 0 Å². The average molecular weight is 382 g/mol. The third-order valence-electron chi connectivity index (χ3n) is 4.10. The topological polar surface area (TPSA) is 72.5 Å². The number of fused-ring (bicyclic) bond motifs is 1. The average Bonchev–Trinajstić information content (AvgIpc) is 3.13. The molecule has 0 aliphatic carbocycles. The van der Waals surface area contributed by atoms with Crippen LogP contribution in [-0.4, -0.2) is 17.7 Å². The zero-order chi connectivity index (χ0) is 18.8. The standard InChI is InChI=1S/C20H16ClN3O3/c1-12-2-3-14(9-16(12)21)24-20(25)13-6-7-22-19(8-13)23-15-4-5-17-18(10-15)27-11-26-17/h2-10H,11H2,1H3,(H,22,23)(H,24,25). The monoisotopic (exact) mass is 381 g/mol. The lowest BCUT2D eigenvalue weighted by molar-refractivity contribution is 0.102. The molecule has 1 amide bonds. The van der Waals surface area contributed by atoms with E-state index in [1.165, 1.54) is 0 Å². The second-order valence-electron chi connectivity index (χ2n) is 6.04. The highest BCUT2D eigenvalue weighted by Gasteiger charge is 2.14. The highest BCUT2D eigenvalue weighted by Crippen LogP contribution is 2.35. The Kier molecular flexibility index (Phi) is 4.56. The molecule has 0 spiro atoms. The molecular weight excluding hydrogens is 366 g/mol. The molecule has 1 aromatic heterocycles. The number of benzene rings is 2. The maximum atomic E-state index is 12.5. The minimum absolute atomic E-state index is 0.218. The predicted molar refractivity (Wildman–Crippen MR) is 104 cm³/mol.